The number of rotatable bonds is 1. The molecule has 76 valence electrons. The first-order valence-corrected chi connectivity index (χ1v) is 5.15. The molecule has 1 aliphatic heterocycles. The largest absolute Gasteiger partial charge is 0.316 e. The van der Waals surface area contributed by atoms with Crippen LogP contribution in [0.2, 0.25) is 0 Å². The van der Waals surface area contributed by atoms with E-state index in [9.17, 15) is 4.39 Å². The Morgan fingerprint density at radius 2 is 2.14 bits per heavy atom. The van der Waals surface area contributed by atoms with Gasteiger partial charge in [-0.05, 0) is 42.6 Å². The van der Waals surface area contributed by atoms with Crippen LogP contribution in [0.25, 0.3) is 0 Å². The molecule has 2 unspecified atom stereocenters. The van der Waals surface area contributed by atoms with Crippen LogP contribution in [-0.4, -0.2) is 13.1 Å². The first-order valence-electron chi connectivity index (χ1n) is 5.15. The van der Waals surface area contributed by atoms with Gasteiger partial charge in [-0.2, -0.15) is 0 Å². The maximum Gasteiger partial charge on any atom is 0.123 e. The molecule has 2 rings (SSSR count). The molecule has 1 fully saturated rings. The van der Waals surface area contributed by atoms with Crippen LogP contribution in [-0.2, 0) is 0 Å². The summed E-state index contributed by atoms with van der Waals surface area (Å²) in [7, 11) is 0. The van der Waals surface area contributed by atoms with Gasteiger partial charge in [0.15, 0.2) is 0 Å². The molecule has 1 aromatic rings. The van der Waals surface area contributed by atoms with Crippen molar-refractivity contribution < 1.29 is 4.39 Å². The second-order valence-corrected chi connectivity index (χ2v) is 4.24. The number of aryl methyl sites for hydroxylation is 1. The molecule has 1 aliphatic rings. The molecule has 0 spiro atoms. The normalized spacial score (nSPS) is 26.8. The van der Waals surface area contributed by atoms with Crippen molar-refractivity contribution in [3.05, 3.63) is 35.1 Å². The number of hydrogen-bond donors (Lipinski definition) is 1. The molecule has 0 aromatic heterocycles. The average molecular weight is 193 g/mol. The summed E-state index contributed by atoms with van der Waals surface area (Å²) in [6.07, 6.45) is 0. The molecule has 1 heterocycles. The van der Waals surface area contributed by atoms with Crippen LogP contribution in [0.4, 0.5) is 4.39 Å². The molecule has 1 nitrogen and oxygen atoms in total. The predicted molar refractivity (Wildman–Crippen MR) is 55.9 cm³/mol. The fraction of sp³-hybridized carbons (Fsp3) is 0.500. The zero-order valence-corrected chi connectivity index (χ0v) is 8.68. The number of halogens is 1. The van der Waals surface area contributed by atoms with E-state index >= 15 is 0 Å². The third kappa shape index (κ3) is 1.67. The number of benzene rings is 1. The summed E-state index contributed by atoms with van der Waals surface area (Å²) in [6.45, 7) is 6.33. The summed E-state index contributed by atoms with van der Waals surface area (Å²) in [4.78, 5) is 0. The lowest BCUT2D eigenvalue weighted by Gasteiger charge is -2.16. The van der Waals surface area contributed by atoms with Gasteiger partial charge in [-0.15, -0.1) is 0 Å². The van der Waals surface area contributed by atoms with E-state index in [2.05, 4.69) is 12.2 Å². The van der Waals surface area contributed by atoms with E-state index in [0.29, 0.717) is 11.8 Å². The summed E-state index contributed by atoms with van der Waals surface area (Å²) < 4.78 is 12.9. The second-order valence-electron chi connectivity index (χ2n) is 4.24. The lowest BCUT2D eigenvalue weighted by molar-refractivity contribution is 0.566. The van der Waals surface area contributed by atoms with E-state index in [1.807, 2.05) is 13.0 Å². The minimum absolute atomic E-state index is 0.134. The molecule has 0 saturated carbocycles. The van der Waals surface area contributed by atoms with Gasteiger partial charge in [0.2, 0.25) is 0 Å². The van der Waals surface area contributed by atoms with Gasteiger partial charge in [-0.3, -0.25) is 0 Å². The summed E-state index contributed by atoms with van der Waals surface area (Å²) in [5.74, 6) is 1.07. The highest BCUT2D eigenvalue weighted by Gasteiger charge is 2.25. The summed E-state index contributed by atoms with van der Waals surface area (Å²) in [5, 5.41) is 3.37. The van der Waals surface area contributed by atoms with Crippen molar-refractivity contribution in [2.45, 2.75) is 19.8 Å². The topological polar surface area (TPSA) is 12.0 Å². The Morgan fingerprint density at radius 3 is 2.71 bits per heavy atom. The Hall–Kier alpha value is -0.890. The molecule has 1 N–H and O–H groups in total. The van der Waals surface area contributed by atoms with Crippen molar-refractivity contribution in [3.8, 4) is 0 Å². The summed E-state index contributed by atoms with van der Waals surface area (Å²) in [6, 6.07) is 5.12. The minimum Gasteiger partial charge on any atom is -0.316 e. The quantitative estimate of drug-likeness (QED) is 0.722. The van der Waals surface area contributed by atoms with E-state index in [0.717, 1.165) is 18.7 Å². The smallest absolute Gasteiger partial charge is 0.123 e. The Bertz CT molecular complexity index is 335. The zero-order chi connectivity index (χ0) is 10.1. The van der Waals surface area contributed by atoms with Gasteiger partial charge < -0.3 is 5.32 Å². The molecule has 2 atom stereocenters. The zero-order valence-electron chi connectivity index (χ0n) is 8.68. The number of hydrogen-bond acceptors (Lipinski definition) is 1. The second kappa shape index (κ2) is 3.70. The highest BCUT2D eigenvalue weighted by Crippen LogP contribution is 2.29. The van der Waals surface area contributed by atoms with Crippen molar-refractivity contribution >= 4 is 0 Å². The van der Waals surface area contributed by atoms with E-state index in [-0.39, 0.29) is 5.82 Å². The van der Waals surface area contributed by atoms with Crippen molar-refractivity contribution in [2.75, 3.05) is 13.1 Å². The van der Waals surface area contributed by atoms with Crippen molar-refractivity contribution in [3.63, 3.8) is 0 Å². The van der Waals surface area contributed by atoms with Gasteiger partial charge in [0, 0.05) is 12.5 Å². The van der Waals surface area contributed by atoms with Crippen LogP contribution >= 0.6 is 0 Å². The van der Waals surface area contributed by atoms with E-state index in [1.54, 1.807) is 12.1 Å². The Labute approximate surface area is 84.3 Å². The lowest BCUT2D eigenvalue weighted by atomic mass is 9.87. The van der Waals surface area contributed by atoms with Gasteiger partial charge >= 0.3 is 0 Å². The minimum atomic E-state index is -0.134. The van der Waals surface area contributed by atoms with Gasteiger partial charge in [0.1, 0.15) is 5.82 Å². The monoisotopic (exact) mass is 193 g/mol. The van der Waals surface area contributed by atoms with Gasteiger partial charge in [0.05, 0.1) is 0 Å². The van der Waals surface area contributed by atoms with E-state index in [1.165, 1.54) is 5.56 Å². The maximum atomic E-state index is 12.9. The van der Waals surface area contributed by atoms with Crippen LogP contribution < -0.4 is 5.32 Å². The Kier molecular flexibility index (Phi) is 2.55. The van der Waals surface area contributed by atoms with Gasteiger partial charge in [-0.1, -0.05) is 13.0 Å². The highest BCUT2D eigenvalue weighted by molar-refractivity contribution is 5.31. The van der Waals surface area contributed by atoms with Gasteiger partial charge in [0.25, 0.3) is 0 Å². The van der Waals surface area contributed by atoms with Crippen LogP contribution in [0.5, 0.6) is 0 Å². The maximum absolute atomic E-state index is 12.9. The molecule has 1 aromatic carbocycles. The first-order chi connectivity index (χ1) is 6.68. The van der Waals surface area contributed by atoms with Crippen LogP contribution in [0.3, 0.4) is 0 Å². The lowest BCUT2D eigenvalue weighted by Crippen LogP contribution is -2.09. The Morgan fingerprint density at radius 1 is 1.36 bits per heavy atom. The molecule has 2 heteroatoms. The number of nitrogens with one attached hydrogen (secondary N) is 1. The summed E-state index contributed by atoms with van der Waals surface area (Å²) in [5.41, 5.74) is 2.37. The third-order valence-corrected chi connectivity index (χ3v) is 3.15. The molecular formula is C12H16FN. The van der Waals surface area contributed by atoms with Crippen LogP contribution in [0.1, 0.15) is 24.0 Å². The molecule has 14 heavy (non-hydrogen) atoms. The Balaban J connectivity index is 2.31. The van der Waals surface area contributed by atoms with E-state index in [4.69, 9.17) is 0 Å². The standard InChI is InChI=1S/C12H16FN/c1-8-5-10(13)3-4-11(8)12-7-14-6-9(12)2/h3-5,9,12,14H,6-7H2,1-2H3. The molecular weight excluding hydrogens is 177 g/mol. The molecule has 0 radical (unpaired) electrons. The average Bonchev–Trinajstić information content (AvgIpc) is 2.52. The van der Waals surface area contributed by atoms with Crippen molar-refractivity contribution in [2.24, 2.45) is 5.92 Å². The van der Waals surface area contributed by atoms with E-state index < -0.39 is 0 Å². The third-order valence-electron chi connectivity index (χ3n) is 3.15. The SMILES string of the molecule is Cc1cc(F)ccc1C1CNCC1C. The molecule has 1 saturated heterocycles. The fourth-order valence-electron chi connectivity index (χ4n) is 2.28. The fourth-order valence-corrected chi connectivity index (χ4v) is 2.28. The predicted octanol–water partition coefficient (Wildman–Crippen LogP) is 2.46. The highest BCUT2D eigenvalue weighted by atomic mass is 19.1. The molecule has 0 bridgehead atoms. The first kappa shape index (κ1) is 9.66. The van der Waals surface area contributed by atoms with Crippen molar-refractivity contribution in [1.82, 2.24) is 5.32 Å². The van der Waals surface area contributed by atoms with Crippen LogP contribution in [0, 0.1) is 18.7 Å². The molecule has 0 amide bonds. The van der Waals surface area contributed by atoms with Gasteiger partial charge in [-0.25, -0.2) is 4.39 Å². The van der Waals surface area contributed by atoms with Crippen molar-refractivity contribution in [1.29, 1.82) is 0 Å². The van der Waals surface area contributed by atoms with Crippen LogP contribution in [0.15, 0.2) is 18.2 Å². The summed E-state index contributed by atoms with van der Waals surface area (Å²) >= 11 is 0. The molecule has 0 aliphatic carbocycles.